The highest BCUT2D eigenvalue weighted by atomic mass is 16.5. The molecule has 1 aliphatic rings. The topological polar surface area (TPSA) is 67.6 Å². The zero-order valence-corrected chi connectivity index (χ0v) is 13.7. The van der Waals surface area contributed by atoms with E-state index in [0.717, 1.165) is 38.4 Å². The fourth-order valence-electron chi connectivity index (χ4n) is 2.84. The predicted molar refractivity (Wildman–Crippen MR) is 94.6 cm³/mol. The summed E-state index contributed by atoms with van der Waals surface area (Å²) in [5.74, 6) is -0.147. The SMILES string of the molecule is Nc1ccccc1C(=O)NCc1cccc(CN2CCOCC2)c1. The molecule has 1 amide bonds. The Morgan fingerprint density at radius 1 is 1.08 bits per heavy atom. The molecule has 0 atom stereocenters. The number of amides is 1. The first-order valence-corrected chi connectivity index (χ1v) is 8.23. The minimum absolute atomic E-state index is 0.147. The van der Waals surface area contributed by atoms with E-state index in [1.54, 1.807) is 12.1 Å². The quantitative estimate of drug-likeness (QED) is 0.826. The Bertz CT molecular complexity index is 697. The van der Waals surface area contributed by atoms with E-state index in [4.69, 9.17) is 10.5 Å². The van der Waals surface area contributed by atoms with Gasteiger partial charge in [-0.05, 0) is 23.3 Å². The Hall–Kier alpha value is -2.37. The second kappa shape index (κ2) is 7.95. The normalized spacial score (nSPS) is 15.2. The predicted octanol–water partition coefficient (Wildman–Crippen LogP) is 2.03. The van der Waals surface area contributed by atoms with Gasteiger partial charge in [0.2, 0.25) is 0 Å². The third-order valence-corrected chi connectivity index (χ3v) is 4.16. The number of nitrogens with one attached hydrogen (secondary N) is 1. The number of carbonyl (C=O) groups is 1. The average Bonchev–Trinajstić information content (AvgIpc) is 2.61. The Morgan fingerprint density at radius 3 is 2.62 bits per heavy atom. The van der Waals surface area contributed by atoms with Crippen LogP contribution in [0.2, 0.25) is 0 Å². The van der Waals surface area contributed by atoms with Crippen LogP contribution in [0.4, 0.5) is 5.69 Å². The molecule has 0 spiro atoms. The lowest BCUT2D eigenvalue weighted by Gasteiger charge is -2.26. The molecular formula is C19H23N3O2. The molecule has 3 N–H and O–H groups in total. The Morgan fingerprint density at radius 2 is 1.83 bits per heavy atom. The molecule has 1 aliphatic heterocycles. The van der Waals surface area contributed by atoms with E-state index in [-0.39, 0.29) is 5.91 Å². The average molecular weight is 325 g/mol. The van der Waals surface area contributed by atoms with Gasteiger partial charge in [0.15, 0.2) is 0 Å². The van der Waals surface area contributed by atoms with Crippen LogP contribution in [-0.4, -0.2) is 37.1 Å². The number of ether oxygens (including phenoxy) is 1. The van der Waals surface area contributed by atoms with Gasteiger partial charge < -0.3 is 15.8 Å². The number of rotatable bonds is 5. The summed E-state index contributed by atoms with van der Waals surface area (Å²) in [6.07, 6.45) is 0. The van der Waals surface area contributed by atoms with Crippen LogP contribution >= 0.6 is 0 Å². The molecule has 0 radical (unpaired) electrons. The number of para-hydroxylation sites is 1. The number of nitrogens with two attached hydrogens (primary N) is 1. The summed E-state index contributed by atoms with van der Waals surface area (Å²) >= 11 is 0. The standard InChI is InChI=1S/C19H23N3O2/c20-18-7-2-1-6-17(18)19(23)21-13-15-4-3-5-16(12-15)14-22-8-10-24-11-9-22/h1-7,12H,8-11,13-14,20H2,(H,21,23). The van der Waals surface area contributed by atoms with E-state index in [1.165, 1.54) is 5.56 Å². The Labute approximate surface area is 142 Å². The lowest BCUT2D eigenvalue weighted by molar-refractivity contribution is 0.0342. The van der Waals surface area contributed by atoms with Gasteiger partial charge in [0.25, 0.3) is 5.91 Å². The molecule has 2 aromatic carbocycles. The van der Waals surface area contributed by atoms with E-state index in [1.807, 2.05) is 24.3 Å². The first-order valence-electron chi connectivity index (χ1n) is 8.23. The van der Waals surface area contributed by atoms with Crippen molar-refractivity contribution in [2.45, 2.75) is 13.1 Å². The zero-order chi connectivity index (χ0) is 16.8. The first kappa shape index (κ1) is 16.5. The van der Waals surface area contributed by atoms with Crippen LogP contribution in [0.25, 0.3) is 0 Å². The van der Waals surface area contributed by atoms with Crippen molar-refractivity contribution in [2.24, 2.45) is 0 Å². The van der Waals surface area contributed by atoms with Crippen molar-refractivity contribution in [3.63, 3.8) is 0 Å². The molecule has 1 fully saturated rings. The molecule has 126 valence electrons. The van der Waals surface area contributed by atoms with Crippen LogP contribution in [0.15, 0.2) is 48.5 Å². The molecule has 0 aromatic heterocycles. The third-order valence-electron chi connectivity index (χ3n) is 4.16. The van der Waals surface area contributed by atoms with Gasteiger partial charge in [-0.15, -0.1) is 0 Å². The van der Waals surface area contributed by atoms with E-state index in [2.05, 4.69) is 22.3 Å². The summed E-state index contributed by atoms with van der Waals surface area (Å²) in [7, 11) is 0. The molecule has 1 saturated heterocycles. The van der Waals surface area contributed by atoms with Gasteiger partial charge in [-0.3, -0.25) is 9.69 Å². The van der Waals surface area contributed by atoms with Crippen LogP contribution in [0.3, 0.4) is 0 Å². The summed E-state index contributed by atoms with van der Waals surface area (Å²) in [4.78, 5) is 14.6. The lowest BCUT2D eigenvalue weighted by Crippen LogP contribution is -2.35. The van der Waals surface area contributed by atoms with E-state index >= 15 is 0 Å². The third kappa shape index (κ3) is 4.34. The number of nitrogens with zero attached hydrogens (tertiary/aromatic N) is 1. The highest BCUT2D eigenvalue weighted by molar-refractivity contribution is 5.98. The molecule has 2 aromatic rings. The van der Waals surface area contributed by atoms with Gasteiger partial charge in [0.05, 0.1) is 18.8 Å². The van der Waals surface area contributed by atoms with Gasteiger partial charge >= 0.3 is 0 Å². The fraction of sp³-hybridized carbons (Fsp3) is 0.316. The molecule has 0 aliphatic carbocycles. The van der Waals surface area contributed by atoms with Gasteiger partial charge in [-0.25, -0.2) is 0 Å². The second-order valence-corrected chi connectivity index (χ2v) is 5.98. The summed E-state index contributed by atoms with van der Waals surface area (Å²) < 4.78 is 5.38. The number of carbonyl (C=O) groups excluding carboxylic acids is 1. The van der Waals surface area contributed by atoms with Crippen LogP contribution in [0.1, 0.15) is 21.5 Å². The fourth-order valence-corrected chi connectivity index (χ4v) is 2.84. The summed E-state index contributed by atoms with van der Waals surface area (Å²) in [5.41, 5.74) is 9.19. The van der Waals surface area contributed by atoms with Crippen molar-refractivity contribution in [2.75, 3.05) is 32.0 Å². The van der Waals surface area contributed by atoms with Crippen LogP contribution < -0.4 is 11.1 Å². The lowest BCUT2D eigenvalue weighted by atomic mass is 10.1. The smallest absolute Gasteiger partial charge is 0.253 e. The van der Waals surface area contributed by atoms with Crippen molar-refractivity contribution < 1.29 is 9.53 Å². The molecule has 5 heteroatoms. The first-order chi connectivity index (χ1) is 11.7. The van der Waals surface area contributed by atoms with Crippen molar-refractivity contribution in [3.05, 3.63) is 65.2 Å². The largest absolute Gasteiger partial charge is 0.398 e. The minimum Gasteiger partial charge on any atom is -0.398 e. The molecular weight excluding hydrogens is 302 g/mol. The van der Waals surface area contributed by atoms with Crippen LogP contribution in [0.5, 0.6) is 0 Å². The van der Waals surface area contributed by atoms with E-state index in [0.29, 0.717) is 17.8 Å². The number of hydrogen-bond donors (Lipinski definition) is 2. The van der Waals surface area contributed by atoms with Crippen molar-refractivity contribution >= 4 is 11.6 Å². The van der Waals surface area contributed by atoms with Crippen molar-refractivity contribution in [1.82, 2.24) is 10.2 Å². The molecule has 3 rings (SSSR count). The van der Waals surface area contributed by atoms with Crippen molar-refractivity contribution in [3.8, 4) is 0 Å². The Balaban J connectivity index is 1.58. The molecule has 0 bridgehead atoms. The number of anilines is 1. The van der Waals surface area contributed by atoms with E-state index in [9.17, 15) is 4.79 Å². The molecule has 5 nitrogen and oxygen atoms in total. The van der Waals surface area contributed by atoms with Gasteiger partial charge in [0.1, 0.15) is 0 Å². The summed E-state index contributed by atoms with van der Waals surface area (Å²) in [5, 5.41) is 2.93. The van der Waals surface area contributed by atoms with Gasteiger partial charge in [-0.1, -0.05) is 36.4 Å². The molecule has 1 heterocycles. The second-order valence-electron chi connectivity index (χ2n) is 5.98. The molecule has 0 unspecified atom stereocenters. The number of benzene rings is 2. The number of nitrogen functional groups attached to an aromatic ring is 1. The maximum atomic E-state index is 12.2. The van der Waals surface area contributed by atoms with E-state index < -0.39 is 0 Å². The van der Waals surface area contributed by atoms with Gasteiger partial charge in [0, 0.05) is 31.9 Å². The summed E-state index contributed by atoms with van der Waals surface area (Å²) in [6, 6.07) is 15.4. The van der Waals surface area contributed by atoms with Crippen molar-refractivity contribution in [1.29, 1.82) is 0 Å². The number of hydrogen-bond acceptors (Lipinski definition) is 4. The van der Waals surface area contributed by atoms with Crippen LogP contribution in [0, 0.1) is 0 Å². The number of morpholine rings is 1. The molecule has 0 saturated carbocycles. The maximum absolute atomic E-state index is 12.2. The Kier molecular flexibility index (Phi) is 5.46. The minimum atomic E-state index is -0.147. The highest BCUT2D eigenvalue weighted by Gasteiger charge is 2.11. The highest BCUT2D eigenvalue weighted by Crippen LogP contribution is 2.12. The van der Waals surface area contributed by atoms with Crippen LogP contribution in [-0.2, 0) is 17.8 Å². The summed E-state index contributed by atoms with van der Waals surface area (Å²) in [6.45, 7) is 4.94. The zero-order valence-electron chi connectivity index (χ0n) is 13.7. The molecule has 24 heavy (non-hydrogen) atoms. The maximum Gasteiger partial charge on any atom is 0.253 e. The van der Waals surface area contributed by atoms with Gasteiger partial charge in [-0.2, -0.15) is 0 Å². The monoisotopic (exact) mass is 325 g/mol.